The number of fused-ring (bicyclic) bond motifs is 1. The third-order valence-corrected chi connectivity index (χ3v) is 5.15. The Bertz CT molecular complexity index is 553. The Hall–Kier alpha value is -0.840. The van der Waals surface area contributed by atoms with E-state index >= 15 is 0 Å². The Labute approximate surface area is 133 Å². The van der Waals surface area contributed by atoms with Gasteiger partial charge in [0.25, 0.3) is 5.91 Å². The molecule has 0 saturated carbocycles. The van der Waals surface area contributed by atoms with Crippen molar-refractivity contribution in [3.8, 4) is 0 Å². The number of likely N-dealkylation sites (tertiary alicyclic amines) is 1. The maximum Gasteiger partial charge on any atom is 0.255 e. The number of carbonyl (C=O) groups is 1. The van der Waals surface area contributed by atoms with Crippen LogP contribution in [0.1, 0.15) is 23.2 Å². The van der Waals surface area contributed by atoms with Crippen LogP contribution in [0.3, 0.4) is 0 Å². The fraction of sp³-hybridized carbons (Fsp3) is 0.533. The average molecular weight is 331 g/mol. The van der Waals surface area contributed by atoms with Crippen molar-refractivity contribution in [2.45, 2.75) is 12.8 Å². The van der Waals surface area contributed by atoms with Crippen LogP contribution in [0, 0.1) is 17.7 Å². The van der Waals surface area contributed by atoms with E-state index in [9.17, 15) is 9.18 Å². The average Bonchev–Trinajstić information content (AvgIpc) is 2.81. The quantitative estimate of drug-likeness (QED) is 0.802. The summed E-state index contributed by atoms with van der Waals surface area (Å²) in [6.45, 7) is 3.45. The number of hydrogen-bond donors (Lipinski definition) is 1. The first-order chi connectivity index (χ1) is 10.1. The molecule has 2 heterocycles. The molecule has 2 fully saturated rings. The molecule has 0 bridgehead atoms. The molecular formula is C15H17Cl2FN2O. The van der Waals surface area contributed by atoms with Crippen molar-refractivity contribution < 1.29 is 9.18 Å². The van der Waals surface area contributed by atoms with Crippen molar-refractivity contribution >= 4 is 29.1 Å². The van der Waals surface area contributed by atoms with Gasteiger partial charge in [-0.05, 0) is 49.9 Å². The van der Waals surface area contributed by atoms with E-state index in [4.69, 9.17) is 23.2 Å². The molecular weight excluding hydrogens is 314 g/mol. The fourth-order valence-corrected chi connectivity index (χ4v) is 3.74. The summed E-state index contributed by atoms with van der Waals surface area (Å²) in [5, 5.41) is 3.55. The Morgan fingerprint density at radius 3 is 2.38 bits per heavy atom. The molecule has 1 aromatic rings. The van der Waals surface area contributed by atoms with Gasteiger partial charge in [-0.2, -0.15) is 0 Å². The highest BCUT2D eigenvalue weighted by molar-refractivity contribution is 6.36. The monoisotopic (exact) mass is 330 g/mol. The van der Waals surface area contributed by atoms with Gasteiger partial charge in [-0.1, -0.05) is 23.2 Å². The molecule has 0 aliphatic carbocycles. The largest absolute Gasteiger partial charge is 0.339 e. The zero-order chi connectivity index (χ0) is 15.0. The summed E-state index contributed by atoms with van der Waals surface area (Å²) in [5.41, 5.74) is 0.198. The number of carbonyl (C=O) groups excluding carboxylic acids is 1. The first-order valence-corrected chi connectivity index (χ1v) is 7.96. The van der Waals surface area contributed by atoms with Gasteiger partial charge in [-0.25, -0.2) is 4.39 Å². The second kappa shape index (κ2) is 6.11. The number of nitrogens with zero attached hydrogens (tertiary/aromatic N) is 1. The topological polar surface area (TPSA) is 32.3 Å². The van der Waals surface area contributed by atoms with E-state index in [-0.39, 0.29) is 21.5 Å². The summed E-state index contributed by atoms with van der Waals surface area (Å²) in [4.78, 5) is 14.4. The van der Waals surface area contributed by atoms with Gasteiger partial charge in [0.1, 0.15) is 5.82 Å². The van der Waals surface area contributed by atoms with E-state index in [1.54, 1.807) is 4.90 Å². The number of benzene rings is 1. The Morgan fingerprint density at radius 1 is 1.14 bits per heavy atom. The van der Waals surface area contributed by atoms with Gasteiger partial charge < -0.3 is 10.2 Å². The minimum Gasteiger partial charge on any atom is -0.339 e. The van der Waals surface area contributed by atoms with Crippen LogP contribution in [0.25, 0.3) is 0 Å². The molecule has 0 radical (unpaired) electrons. The zero-order valence-electron chi connectivity index (χ0n) is 11.5. The number of amides is 1. The summed E-state index contributed by atoms with van der Waals surface area (Å²) in [5.74, 6) is 0.462. The standard InChI is InChI=1S/C15H17Cl2FN2O/c16-12-6-13(17)14(18)5-11(12)15(21)20-3-1-9-7-19-8-10(9)2-4-20/h5-6,9-10,19H,1-4,7-8H2/t9-,10+. The second-order valence-corrected chi connectivity index (χ2v) is 6.61. The molecule has 6 heteroatoms. The summed E-state index contributed by atoms with van der Waals surface area (Å²) in [7, 11) is 0. The van der Waals surface area contributed by atoms with Gasteiger partial charge in [0.15, 0.2) is 0 Å². The number of rotatable bonds is 1. The van der Waals surface area contributed by atoms with Crippen LogP contribution < -0.4 is 5.32 Å². The van der Waals surface area contributed by atoms with Crippen LogP contribution in [0.2, 0.25) is 10.0 Å². The first kappa shape index (κ1) is 15.1. The maximum atomic E-state index is 13.6. The summed E-state index contributed by atoms with van der Waals surface area (Å²) >= 11 is 11.7. The highest BCUT2D eigenvalue weighted by atomic mass is 35.5. The van der Waals surface area contributed by atoms with Crippen molar-refractivity contribution in [3.63, 3.8) is 0 Å². The molecule has 21 heavy (non-hydrogen) atoms. The number of hydrogen-bond acceptors (Lipinski definition) is 2. The summed E-state index contributed by atoms with van der Waals surface area (Å²) < 4.78 is 13.6. The SMILES string of the molecule is O=C(c1cc(F)c(Cl)cc1Cl)N1CC[C@@H]2CNC[C@@H]2CC1. The minimum absolute atomic E-state index is 0.0620. The predicted octanol–water partition coefficient (Wildman–Crippen LogP) is 3.20. The van der Waals surface area contributed by atoms with Crippen molar-refractivity contribution in [1.29, 1.82) is 0 Å². The fourth-order valence-electron chi connectivity index (χ4n) is 3.28. The van der Waals surface area contributed by atoms with Gasteiger partial charge in [0.2, 0.25) is 0 Å². The van der Waals surface area contributed by atoms with Crippen molar-refractivity contribution in [2.24, 2.45) is 11.8 Å². The lowest BCUT2D eigenvalue weighted by molar-refractivity contribution is 0.0758. The van der Waals surface area contributed by atoms with Crippen molar-refractivity contribution in [2.75, 3.05) is 26.2 Å². The van der Waals surface area contributed by atoms with Gasteiger partial charge in [0, 0.05) is 13.1 Å². The summed E-state index contributed by atoms with van der Waals surface area (Å²) in [6, 6.07) is 2.43. The van der Waals surface area contributed by atoms with Gasteiger partial charge in [-0.3, -0.25) is 4.79 Å². The van der Waals surface area contributed by atoms with Crippen LogP contribution in [0.15, 0.2) is 12.1 Å². The molecule has 114 valence electrons. The Morgan fingerprint density at radius 2 is 1.76 bits per heavy atom. The van der Waals surface area contributed by atoms with E-state index in [2.05, 4.69) is 5.32 Å². The number of nitrogens with one attached hydrogen (secondary N) is 1. The van der Waals surface area contributed by atoms with E-state index in [0.29, 0.717) is 24.9 Å². The maximum absolute atomic E-state index is 13.6. The molecule has 3 rings (SSSR count). The lowest BCUT2D eigenvalue weighted by atomic mass is 9.92. The Balaban J connectivity index is 1.77. The van der Waals surface area contributed by atoms with Crippen LogP contribution in [-0.2, 0) is 0 Å². The highest BCUT2D eigenvalue weighted by Crippen LogP contribution is 2.30. The molecule has 0 aromatic heterocycles. The first-order valence-electron chi connectivity index (χ1n) is 7.21. The third kappa shape index (κ3) is 3.03. The molecule has 0 unspecified atom stereocenters. The molecule has 2 aliphatic rings. The molecule has 2 atom stereocenters. The molecule has 1 aromatic carbocycles. The van der Waals surface area contributed by atoms with Gasteiger partial charge in [0.05, 0.1) is 15.6 Å². The molecule has 1 amide bonds. The van der Waals surface area contributed by atoms with Gasteiger partial charge in [-0.15, -0.1) is 0 Å². The van der Waals surface area contributed by atoms with Crippen LogP contribution in [0.4, 0.5) is 4.39 Å². The second-order valence-electron chi connectivity index (χ2n) is 5.79. The normalized spacial score (nSPS) is 25.6. The van der Waals surface area contributed by atoms with Crippen molar-refractivity contribution in [1.82, 2.24) is 10.2 Å². The smallest absolute Gasteiger partial charge is 0.255 e. The van der Waals surface area contributed by atoms with E-state index < -0.39 is 5.82 Å². The number of halogens is 3. The lowest BCUT2D eigenvalue weighted by Gasteiger charge is -2.21. The van der Waals surface area contributed by atoms with Crippen LogP contribution in [-0.4, -0.2) is 37.0 Å². The molecule has 1 N–H and O–H groups in total. The van der Waals surface area contributed by atoms with E-state index in [1.165, 1.54) is 6.07 Å². The third-order valence-electron chi connectivity index (χ3n) is 4.55. The lowest BCUT2D eigenvalue weighted by Crippen LogP contribution is -2.33. The highest BCUT2D eigenvalue weighted by Gasteiger charge is 2.32. The molecule has 2 aliphatic heterocycles. The molecule has 0 spiro atoms. The van der Waals surface area contributed by atoms with E-state index in [0.717, 1.165) is 32.0 Å². The predicted molar refractivity (Wildman–Crippen MR) is 81.4 cm³/mol. The molecule has 3 nitrogen and oxygen atoms in total. The van der Waals surface area contributed by atoms with Crippen LogP contribution >= 0.6 is 23.2 Å². The van der Waals surface area contributed by atoms with Gasteiger partial charge >= 0.3 is 0 Å². The van der Waals surface area contributed by atoms with E-state index in [1.807, 2.05) is 0 Å². The van der Waals surface area contributed by atoms with Crippen LogP contribution in [0.5, 0.6) is 0 Å². The molecule has 2 saturated heterocycles. The zero-order valence-corrected chi connectivity index (χ0v) is 13.1. The summed E-state index contributed by atoms with van der Waals surface area (Å²) in [6.07, 6.45) is 1.97. The Kier molecular flexibility index (Phi) is 4.38. The van der Waals surface area contributed by atoms with Crippen molar-refractivity contribution in [3.05, 3.63) is 33.6 Å². The minimum atomic E-state index is -0.611.